The van der Waals surface area contributed by atoms with Gasteiger partial charge in [-0.3, -0.25) is 14.4 Å². The average Bonchev–Trinajstić information content (AvgIpc) is 2.71. The van der Waals surface area contributed by atoms with Crippen LogP contribution in [0.1, 0.15) is 22.8 Å². The third-order valence-electron chi connectivity index (χ3n) is 4.19. The quantitative estimate of drug-likeness (QED) is 0.537. The van der Waals surface area contributed by atoms with Crippen LogP contribution in [0.15, 0.2) is 72.8 Å². The molecule has 6 nitrogen and oxygen atoms in total. The van der Waals surface area contributed by atoms with E-state index in [1.807, 2.05) is 0 Å². The molecule has 0 aliphatic carbocycles. The van der Waals surface area contributed by atoms with Gasteiger partial charge in [-0.2, -0.15) is 0 Å². The van der Waals surface area contributed by atoms with Gasteiger partial charge in [0.2, 0.25) is 11.8 Å². The number of rotatable bonds is 6. The Morgan fingerprint density at radius 3 is 2.03 bits per heavy atom. The molecule has 3 rings (SSSR count). The first-order valence-corrected chi connectivity index (χ1v) is 9.61. The van der Waals surface area contributed by atoms with Crippen LogP contribution < -0.4 is 16.0 Å². The summed E-state index contributed by atoms with van der Waals surface area (Å²) in [7, 11) is 0. The number of anilines is 3. The second-order valence-electron chi connectivity index (χ2n) is 6.61. The van der Waals surface area contributed by atoms with Crippen LogP contribution in [0.2, 0.25) is 5.02 Å². The minimum Gasteiger partial charge on any atom is -0.326 e. The number of nitrogens with one attached hydrogen (secondary N) is 3. The highest BCUT2D eigenvalue weighted by Crippen LogP contribution is 2.19. The van der Waals surface area contributed by atoms with E-state index in [4.69, 9.17) is 11.6 Å². The first-order chi connectivity index (χ1) is 14.4. The lowest BCUT2D eigenvalue weighted by Gasteiger charge is -2.12. The first-order valence-electron chi connectivity index (χ1n) is 9.23. The van der Waals surface area contributed by atoms with Gasteiger partial charge < -0.3 is 16.0 Å². The van der Waals surface area contributed by atoms with Crippen molar-refractivity contribution in [1.82, 2.24) is 0 Å². The van der Waals surface area contributed by atoms with Crippen molar-refractivity contribution in [3.8, 4) is 0 Å². The van der Waals surface area contributed by atoms with Crippen molar-refractivity contribution in [3.63, 3.8) is 0 Å². The smallest absolute Gasteiger partial charge is 0.257 e. The summed E-state index contributed by atoms with van der Waals surface area (Å²) in [5.74, 6) is -0.754. The summed E-state index contributed by atoms with van der Waals surface area (Å²) in [5.41, 5.74) is 2.82. The third kappa shape index (κ3) is 5.93. The van der Waals surface area contributed by atoms with Gasteiger partial charge in [0, 0.05) is 23.3 Å². The summed E-state index contributed by atoms with van der Waals surface area (Å²) >= 11 is 5.87. The average molecular weight is 422 g/mol. The van der Waals surface area contributed by atoms with Gasteiger partial charge in [-0.1, -0.05) is 35.9 Å². The second kappa shape index (κ2) is 9.71. The van der Waals surface area contributed by atoms with Crippen molar-refractivity contribution in [2.45, 2.75) is 13.3 Å². The van der Waals surface area contributed by atoms with Crippen molar-refractivity contribution >= 4 is 46.4 Å². The summed E-state index contributed by atoms with van der Waals surface area (Å²) < 4.78 is 0. The summed E-state index contributed by atoms with van der Waals surface area (Å²) in [4.78, 5) is 36.2. The standard InChI is InChI=1S/C23H20ClN3O3/c1-15(28)25-18-10-6-16(7-11-18)14-22(29)27-21-5-3-2-4-20(21)23(30)26-19-12-8-17(24)9-13-19/h2-13H,14H2,1H3,(H,25,28)(H,26,30)(H,27,29). The third-order valence-corrected chi connectivity index (χ3v) is 4.44. The molecular weight excluding hydrogens is 402 g/mol. The van der Waals surface area contributed by atoms with Crippen LogP contribution in [0, 0.1) is 0 Å². The van der Waals surface area contributed by atoms with Crippen LogP contribution in [0.3, 0.4) is 0 Å². The number of benzene rings is 3. The second-order valence-corrected chi connectivity index (χ2v) is 7.05. The van der Waals surface area contributed by atoms with Crippen molar-refractivity contribution in [3.05, 3.63) is 88.9 Å². The first kappa shape index (κ1) is 21.1. The van der Waals surface area contributed by atoms with Crippen LogP contribution in [-0.2, 0) is 16.0 Å². The molecule has 3 amide bonds. The fourth-order valence-electron chi connectivity index (χ4n) is 2.81. The molecule has 0 aliphatic rings. The Morgan fingerprint density at radius 1 is 0.767 bits per heavy atom. The number of halogens is 1. The summed E-state index contributed by atoms with van der Waals surface area (Å²) in [6, 6.07) is 20.6. The Morgan fingerprint density at radius 2 is 1.37 bits per heavy atom. The van der Waals surface area contributed by atoms with E-state index in [-0.39, 0.29) is 24.1 Å². The van der Waals surface area contributed by atoms with Crippen LogP contribution in [0.4, 0.5) is 17.1 Å². The molecule has 0 saturated heterocycles. The maximum absolute atomic E-state index is 12.7. The van der Waals surface area contributed by atoms with E-state index in [2.05, 4.69) is 16.0 Å². The van der Waals surface area contributed by atoms with Gasteiger partial charge in [-0.15, -0.1) is 0 Å². The van der Waals surface area contributed by atoms with Gasteiger partial charge in [-0.25, -0.2) is 0 Å². The zero-order valence-corrected chi connectivity index (χ0v) is 17.0. The highest BCUT2D eigenvalue weighted by atomic mass is 35.5. The lowest BCUT2D eigenvalue weighted by molar-refractivity contribution is -0.116. The van der Waals surface area contributed by atoms with Gasteiger partial charge in [0.05, 0.1) is 17.7 Å². The number of amides is 3. The molecule has 30 heavy (non-hydrogen) atoms. The minimum atomic E-state index is -0.340. The number of para-hydroxylation sites is 1. The van der Waals surface area contributed by atoms with E-state index in [1.54, 1.807) is 72.8 Å². The highest BCUT2D eigenvalue weighted by Gasteiger charge is 2.14. The van der Waals surface area contributed by atoms with Gasteiger partial charge in [-0.05, 0) is 54.1 Å². The van der Waals surface area contributed by atoms with Gasteiger partial charge >= 0.3 is 0 Å². The summed E-state index contributed by atoms with van der Waals surface area (Å²) in [6.07, 6.45) is 0.132. The predicted molar refractivity (Wildman–Crippen MR) is 119 cm³/mol. The molecule has 0 unspecified atom stereocenters. The molecule has 3 aromatic carbocycles. The number of hydrogen-bond donors (Lipinski definition) is 3. The monoisotopic (exact) mass is 421 g/mol. The summed E-state index contributed by atoms with van der Waals surface area (Å²) in [5, 5.41) is 8.83. The van der Waals surface area contributed by atoms with Crippen LogP contribution in [0.25, 0.3) is 0 Å². The van der Waals surface area contributed by atoms with E-state index in [9.17, 15) is 14.4 Å². The molecule has 152 valence electrons. The van der Waals surface area contributed by atoms with Crippen molar-refractivity contribution in [2.75, 3.05) is 16.0 Å². The molecule has 0 atom stereocenters. The summed E-state index contributed by atoms with van der Waals surface area (Å²) in [6.45, 7) is 1.43. The van der Waals surface area contributed by atoms with Crippen molar-refractivity contribution < 1.29 is 14.4 Å². The van der Waals surface area contributed by atoms with Crippen LogP contribution in [-0.4, -0.2) is 17.7 Å². The van der Waals surface area contributed by atoms with E-state index < -0.39 is 0 Å². The molecule has 0 heterocycles. The number of carbonyl (C=O) groups excluding carboxylic acids is 3. The molecule has 0 radical (unpaired) electrons. The minimum absolute atomic E-state index is 0.132. The van der Waals surface area contributed by atoms with E-state index in [0.717, 1.165) is 5.56 Å². The predicted octanol–water partition coefficient (Wildman–Crippen LogP) is 4.73. The molecule has 7 heteroatoms. The van der Waals surface area contributed by atoms with Gasteiger partial charge in [0.25, 0.3) is 5.91 Å². The maximum Gasteiger partial charge on any atom is 0.257 e. The van der Waals surface area contributed by atoms with Crippen LogP contribution in [0.5, 0.6) is 0 Å². The lowest BCUT2D eigenvalue weighted by atomic mass is 10.1. The fourth-order valence-corrected chi connectivity index (χ4v) is 2.94. The Balaban J connectivity index is 1.66. The largest absolute Gasteiger partial charge is 0.326 e. The fraction of sp³-hybridized carbons (Fsp3) is 0.0870. The van der Waals surface area contributed by atoms with E-state index in [0.29, 0.717) is 27.6 Å². The molecule has 3 aromatic rings. The molecule has 0 bridgehead atoms. The van der Waals surface area contributed by atoms with E-state index >= 15 is 0 Å². The molecule has 0 spiro atoms. The molecular formula is C23H20ClN3O3. The topological polar surface area (TPSA) is 87.3 Å². The molecule has 0 fully saturated rings. The van der Waals surface area contributed by atoms with Crippen molar-refractivity contribution in [1.29, 1.82) is 0 Å². The van der Waals surface area contributed by atoms with Crippen molar-refractivity contribution in [2.24, 2.45) is 0 Å². The molecule has 0 aliphatic heterocycles. The van der Waals surface area contributed by atoms with Gasteiger partial charge in [0.1, 0.15) is 0 Å². The Bertz CT molecular complexity index is 1060. The Hall–Kier alpha value is -3.64. The number of carbonyl (C=O) groups is 3. The van der Waals surface area contributed by atoms with Crippen LogP contribution >= 0.6 is 11.6 Å². The highest BCUT2D eigenvalue weighted by molar-refractivity contribution is 6.30. The maximum atomic E-state index is 12.7. The SMILES string of the molecule is CC(=O)Nc1ccc(CC(=O)Nc2ccccc2C(=O)Nc2ccc(Cl)cc2)cc1. The number of hydrogen-bond acceptors (Lipinski definition) is 3. The Labute approximate surface area is 179 Å². The molecule has 0 saturated carbocycles. The molecule has 3 N–H and O–H groups in total. The zero-order valence-electron chi connectivity index (χ0n) is 16.2. The van der Waals surface area contributed by atoms with E-state index in [1.165, 1.54) is 6.92 Å². The lowest BCUT2D eigenvalue weighted by Crippen LogP contribution is -2.19. The van der Waals surface area contributed by atoms with Gasteiger partial charge in [0.15, 0.2) is 0 Å². The molecule has 0 aromatic heterocycles. The normalized spacial score (nSPS) is 10.2. The Kier molecular flexibility index (Phi) is 6.83. The zero-order chi connectivity index (χ0) is 21.5.